The maximum Gasteiger partial charge on any atom is 0.318 e. The minimum atomic E-state index is -4.61. The minimum Gasteiger partial charge on any atom is -0.495 e. The number of aromatic nitrogens is 1. The number of rotatable bonds is 8. The number of para-hydroxylation sites is 1. The number of carbonyl (C=O) groups excluding carboxylic acids is 2. The summed E-state index contributed by atoms with van der Waals surface area (Å²) in [7, 11) is -1.12. The molecule has 5 heterocycles. The second-order valence-electron chi connectivity index (χ2n) is 13.3. The predicted molar refractivity (Wildman–Crippen MR) is 180 cm³/mol. The van der Waals surface area contributed by atoms with E-state index >= 15 is 4.79 Å². The summed E-state index contributed by atoms with van der Waals surface area (Å²) in [6.45, 7) is 6.94. The van der Waals surface area contributed by atoms with Crippen molar-refractivity contribution in [3.8, 4) is 17.7 Å². The van der Waals surface area contributed by atoms with Crippen molar-refractivity contribution in [3.05, 3.63) is 77.5 Å². The molecule has 14 heteroatoms. The van der Waals surface area contributed by atoms with Crippen LogP contribution in [0.25, 0.3) is 0 Å². The summed E-state index contributed by atoms with van der Waals surface area (Å²) < 4.78 is 40.8. The molecular weight excluding hydrogens is 646 g/mol. The van der Waals surface area contributed by atoms with Gasteiger partial charge in [0.1, 0.15) is 10.6 Å². The molecule has 7 rings (SSSR count). The lowest BCUT2D eigenvalue weighted by Crippen LogP contribution is -2.76. The zero-order chi connectivity index (χ0) is 34.6. The first-order valence-electron chi connectivity index (χ1n) is 16.4. The molecule has 1 atom stereocenters. The molecule has 3 fully saturated rings. The molecule has 4 aliphatic heterocycles. The van der Waals surface area contributed by atoms with Gasteiger partial charge < -0.3 is 24.6 Å². The molecule has 0 radical (unpaired) electrons. The van der Waals surface area contributed by atoms with Crippen LogP contribution in [0.1, 0.15) is 36.5 Å². The van der Waals surface area contributed by atoms with Crippen molar-refractivity contribution < 1.29 is 27.5 Å². The Balaban J connectivity index is 1.27. The Morgan fingerprint density at radius 2 is 1.80 bits per heavy atom. The number of likely N-dealkylation sites (tertiary alicyclic amines) is 3. The van der Waals surface area contributed by atoms with Crippen molar-refractivity contribution in [1.29, 1.82) is 5.26 Å². The second-order valence-corrected chi connectivity index (χ2v) is 15.1. The van der Waals surface area contributed by atoms with E-state index in [0.29, 0.717) is 23.4 Å². The number of anilines is 1. The Morgan fingerprint density at radius 1 is 1.06 bits per heavy atom. The second kappa shape index (κ2) is 12.3. The van der Waals surface area contributed by atoms with Crippen LogP contribution in [0.4, 0.5) is 10.5 Å². The maximum absolute atomic E-state index is 15.1. The van der Waals surface area contributed by atoms with Crippen LogP contribution in [0.3, 0.4) is 0 Å². The van der Waals surface area contributed by atoms with Crippen molar-refractivity contribution in [1.82, 2.24) is 25.0 Å². The molecule has 13 nitrogen and oxygen atoms in total. The standard InChI is InChI=1S/C35H39N7O6S/c1-4-48-31-26(8-7-15-37-31)35(38-33(44)41-22-34(23-41)20-40(21-34)25-13-16-39(2)17-14-25)27-18-24(19-36)11-12-28(27)42(32(35)43)49(45,46)30-10-6-5-9-29(30)47-3/h5-12,15,18,25H,4,13-14,16-17,20-23H2,1-3H3,(H,38,44)/t35-/m1/s1. The average Bonchev–Trinajstić information content (AvgIpc) is 3.32. The quantitative estimate of drug-likeness (QED) is 0.375. The fraction of sp³-hybridized carbons (Fsp3) is 0.429. The van der Waals surface area contributed by atoms with Crippen LogP contribution >= 0.6 is 0 Å². The highest BCUT2D eigenvalue weighted by Gasteiger charge is 2.61. The van der Waals surface area contributed by atoms with Gasteiger partial charge in [0.25, 0.3) is 15.9 Å². The lowest BCUT2D eigenvalue weighted by Gasteiger charge is -2.62. The molecule has 0 unspecified atom stereocenters. The van der Waals surface area contributed by atoms with Crippen LogP contribution < -0.4 is 19.1 Å². The Labute approximate surface area is 286 Å². The number of urea groups is 1. The number of hydrogen-bond donors (Lipinski definition) is 1. The fourth-order valence-electron chi connectivity index (χ4n) is 7.79. The van der Waals surface area contributed by atoms with E-state index in [4.69, 9.17) is 9.47 Å². The van der Waals surface area contributed by atoms with E-state index < -0.39 is 27.5 Å². The summed E-state index contributed by atoms with van der Waals surface area (Å²) >= 11 is 0. The molecule has 1 aromatic heterocycles. The van der Waals surface area contributed by atoms with E-state index in [1.54, 1.807) is 30.0 Å². The van der Waals surface area contributed by atoms with Gasteiger partial charge in [-0.15, -0.1) is 0 Å². The summed E-state index contributed by atoms with van der Waals surface area (Å²) in [4.78, 5) is 39.9. The van der Waals surface area contributed by atoms with E-state index in [0.717, 1.165) is 39.0 Å². The molecule has 3 aromatic rings. The number of amides is 3. The molecule has 256 valence electrons. The molecule has 49 heavy (non-hydrogen) atoms. The van der Waals surface area contributed by atoms with Crippen LogP contribution in [-0.4, -0.2) is 106 Å². The number of nitrogens with one attached hydrogen (secondary N) is 1. The van der Waals surface area contributed by atoms with Gasteiger partial charge in [-0.3, -0.25) is 9.69 Å². The van der Waals surface area contributed by atoms with Crippen LogP contribution in [0.15, 0.2) is 65.7 Å². The minimum absolute atomic E-state index is 0.00523. The molecule has 2 aromatic carbocycles. The highest BCUT2D eigenvalue weighted by molar-refractivity contribution is 7.93. The Hall–Kier alpha value is -4.71. The third-order valence-corrected chi connectivity index (χ3v) is 11.9. The van der Waals surface area contributed by atoms with Crippen LogP contribution in [-0.2, 0) is 20.4 Å². The SMILES string of the molecule is CCOc1ncccc1[C@]1(NC(=O)N2CC3(C2)CN(C2CCN(C)CC2)C3)C(=O)N(S(=O)(=O)c2ccccc2OC)c2ccc(C#N)cc21. The zero-order valence-corrected chi connectivity index (χ0v) is 28.6. The number of nitrogens with zero attached hydrogens (tertiary/aromatic N) is 6. The van der Waals surface area contributed by atoms with Crippen LogP contribution in [0, 0.1) is 16.7 Å². The van der Waals surface area contributed by atoms with Gasteiger partial charge in [-0.2, -0.15) is 9.57 Å². The number of fused-ring (bicyclic) bond motifs is 1. The van der Waals surface area contributed by atoms with Crippen molar-refractivity contribution in [3.63, 3.8) is 0 Å². The van der Waals surface area contributed by atoms with E-state index in [1.807, 2.05) is 0 Å². The first kappa shape index (κ1) is 32.8. The number of nitriles is 1. The van der Waals surface area contributed by atoms with E-state index in [2.05, 4.69) is 33.2 Å². The van der Waals surface area contributed by atoms with Gasteiger partial charge in [-0.05, 0) is 82.4 Å². The van der Waals surface area contributed by atoms with Gasteiger partial charge in [-0.1, -0.05) is 12.1 Å². The zero-order valence-electron chi connectivity index (χ0n) is 27.8. The van der Waals surface area contributed by atoms with Crippen molar-refractivity contribution in [2.75, 3.05) is 64.3 Å². The molecule has 3 saturated heterocycles. The van der Waals surface area contributed by atoms with E-state index in [-0.39, 0.29) is 50.9 Å². The highest BCUT2D eigenvalue weighted by Crippen LogP contribution is 2.50. The summed E-state index contributed by atoms with van der Waals surface area (Å²) in [6.07, 6.45) is 3.76. The average molecular weight is 686 g/mol. The summed E-state index contributed by atoms with van der Waals surface area (Å²) in [6, 6.07) is 15.6. The number of piperidine rings is 1. The lowest BCUT2D eigenvalue weighted by atomic mass is 9.71. The molecule has 1 spiro atoms. The van der Waals surface area contributed by atoms with Gasteiger partial charge in [0, 0.05) is 49.4 Å². The number of sulfonamides is 1. The number of carbonyl (C=O) groups is 2. The van der Waals surface area contributed by atoms with Crippen molar-refractivity contribution in [2.24, 2.45) is 5.41 Å². The first-order chi connectivity index (χ1) is 23.6. The van der Waals surface area contributed by atoms with Gasteiger partial charge in [0.05, 0.1) is 36.6 Å². The predicted octanol–water partition coefficient (Wildman–Crippen LogP) is 2.76. The van der Waals surface area contributed by atoms with Gasteiger partial charge in [0.2, 0.25) is 5.88 Å². The Kier molecular flexibility index (Phi) is 8.25. The smallest absolute Gasteiger partial charge is 0.318 e. The number of ether oxygens (including phenoxy) is 2. The number of benzene rings is 2. The monoisotopic (exact) mass is 685 g/mol. The third-order valence-electron chi connectivity index (χ3n) is 10.2. The molecular formula is C35H39N7O6S. The molecule has 3 amide bonds. The van der Waals surface area contributed by atoms with Gasteiger partial charge in [0.15, 0.2) is 5.54 Å². The van der Waals surface area contributed by atoms with Crippen LogP contribution in [0.5, 0.6) is 11.6 Å². The Morgan fingerprint density at radius 3 is 2.49 bits per heavy atom. The summed E-state index contributed by atoms with van der Waals surface area (Å²) in [5.41, 5.74) is -1.68. The van der Waals surface area contributed by atoms with Gasteiger partial charge in [-0.25, -0.2) is 18.2 Å². The molecule has 1 N–H and O–H groups in total. The molecule has 0 bridgehead atoms. The van der Waals surface area contributed by atoms with E-state index in [9.17, 15) is 18.5 Å². The molecule has 4 aliphatic rings. The number of hydrogen-bond acceptors (Lipinski definition) is 10. The summed E-state index contributed by atoms with van der Waals surface area (Å²) in [5.74, 6) is -0.862. The number of methoxy groups -OCH3 is 1. The molecule has 0 saturated carbocycles. The van der Waals surface area contributed by atoms with Crippen molar-refractivity contribution >= 4 is 27.6 Å². The normalized spacial score (nSPS) is 22.2. The lowest BCUT2D eigenvalue weighted by molar-refractivity contribution is -0.124. The number of pyridine rings is 1. The van der Waals surface area contributed by atoms with Crippen molar-refractivity contribution in [2.45, 2.75) is 36.2 Å². The maximum atomic E-state index is 15.1. The topological polar surface area (TPSA) is 148 Å². The first-order valence-corrected chi connectivity index (χ1v) is 17.9. The largest absolute Gasteiger partial charge is 0.495 e. The third kappa shape index (κ3) is 5.27. The molecule has 0 aliphatic carbocycles. The fourth-order valence-corrected chi connectivity index (χ4v) is 9.41. The van der Waals surface area contributed by atoms with E-state index in [1.165, 1.54) is 49.7 Å². The Bertz CT molecular complexity index is 1940. The summed E-state index contributed by atoms with van der Waals surface area (Å²) in [5, 5.41) is 12.9. The highest BCUT2D eigenvalue weighted by atomic mass is 32.2. The van der Waals surface area contributed by atoms with Gasteiger partial charge >= 0.3 is 6.03 Å². The van der Waals surface area contributed by atoms with Crippen LogP contribution in [0.2, 0.25) is 0 Å².